The maximum atomic E-state index is 3.78. The largest absolute Gasteiger partial charge is 0.310 e. The minimum absolute atomic E-state index is 0.577. The average Bonchev–Trinajstić information content (AvgIpc) is 2.39. The Bertz CT molecular complexity index is 474. The SMILES string of the molecule is CCNC(/C1=C/CCCCCC1)C1Cc2ccccc21. The molecule has 1 aromatic rings. The third-order valence-corrected chi connectivity index (χ3v) is 4.95. The summed E-state index contributed by atoms with van der Waals surface area (Å²) in [5, 5.41) is 3.78. The molecule has 1 aromatic carbocycles. The molecule has 108 valence electrons. The van der Waals surface area contributed by atoms with Gasteiger partial charge >= 0.3 is 0 Å². The first-order valence-electron chi connectivity index (χ1n) is 8.40. The molecule has 20 heavy (non-hydrogen) atoms. The molecule has 0 saturated carbocycles. The molecular formula is C19H27N. The van der Waals surface area contributed by atoms with Crippen LogP contribution in [0.25, 0.3) is 0 Å². The molecule has 0 spiro atoms. The van der Waals surface area contributed by atoms with E-state index in [2.05, 4.69) is 42.6 Å². The molecule has 1 heteroatoms. The van der Waals surface area contributed by atoms with Gasteiger partial charge in [-0.25, -0.2) is 0 Å². The molecule has 0 aromatic heterocycles. The first kappa shape index (κ1) is 13.9. The third-order valence-electron chi connectivity index (χ3n) is 4.95. The molecule has 1 N–H and O–H groups in total. The van der Waals surface area contributed by atoms with Gasteiger partial charge in [0.2, 0.25) is 0 Å². The average molecular weight is 269 g/mol. The van der Waals surface area contributed by atoms with E-state index in [9.17, 15) is 0 Å². The van der Waals surface area contributed by atoms with Gasteiger partial charge in [0.15, 0.2) is 0 Å². The van der Waals surface area contributed by atoms with Gasteiger partial charge in [-0.15, -0.1) is 0 Å². The highest BCUT2D eigenvalue weighted by molar-refractivity contribution is 5.43. The molecule has 0 heterocycles. The maximum absolute atomic E-state index is 3.78. The quantitative estimate of drug-likeness (QED) is 0.789. The number of nitrogens with one attached hydrogen (secondary N) is 1. The fourth-order valence-electron chi connectivity index (χ4n) is 3.85. The Hall–Kier alpha value is -1.08. The van der Waals surface area contributed by atoms with E-state index in [0.717, 1.165) is 6.54 Å². The van der Waals surface area contributed by atoms with Gasteiger partial charge in [0.1, 0.15) is 0 Å². The van der Waals surface area contributed by atoms with E-state index in [1.165, 1.54) is 44.9 Å². The second kappa shape index (κ2) is 6.58. The Labute approximate surface area is 123 Å². The van der Waals surface area contributed by atoms with Crippen molar-refractivity contribution in [2.75, 3.05) is 6.54 Å². The Balaban J connectivity index is 1.79. The van der Waals surface area contributed by atoms with Crippen molar-refractivity contribution in [3.8, 4) is 0 Å². The number of rotatable bonds is 4. The fraction of sp³-hybridized carbons (Fsp3) is 0.579. The molecule has 0 bridgehead atoms. The maximum Gasteiger partial charge on any atom is 0.0351 e. The Morgan fingerprint density at radius 3 is 2.85 bits per heavy atom. The van der Waals surface area contributed by atoms with Gasteiger partial charge in [0.05, 0.1) is 0 Å². The number of benzene rings is 1. The van der Waals surface area contributed by atoms with Gasteiger partial charge in [-0.1, -0.05) is 55.7 Å². The van der Waals surface area contributed by atoms with E-state index in [-0.39, 0.29) is 0 Å². The van der Waals surface area contributed by atoms with Crippen molar-refractivity contribution in [1.29, 1.82) is 0 Å². The molecule has 2 unspecified atom stereocenters. The van der Waals surface area contributed by atoms with E-state index in [4.69, 9.17) is 0 Å². The van der Waals surface area contributed by atoms with Crippen LogP contribution in [0.15, 0.2) is 35.9 Å². The molecule has 0 radical (unpaired) electrons. The Morgan fingerprint density at radius 1 is 1.15 bits per heavy atom. The summed E-state index contributed by atoms with van der Waals surface area (Å²) in [5.41, 5.74) is 4.83. The van der Waals surface area contributed by atoms with Crippen molar-refractivity contribution in [2.45, 2.75) is 63.8 Å². The zero-order chi connectivity index (χ0) is 13.8. The minimum atomic E-state index is 0.577. The number of hydrogen-bond acceptors (Lipinski definition) is 1. The van der Waals surface area contributed by atoms with Crippen molar-refractivity contribution < 1.29 is 0 Å². The smallest absolute Gasteiger partial charge is 0.0351 e. The molecule has 0 aliphatic heterocycles. The molecule has 2 aliphatic rings. The highest BCUT2D eigenvalue weighted by Crippen LogP contribution is 2.40. The zero-order valence-corrected chi connectivity index (χ0v) is 12.7. The Morgan fingerprint density at radius 2 is 2.00 bits per heavy atom. The lowest BCUT2D eigenvalue weighted by atomic mass is 9.70. The second-order valence-electron chi connectivity index (χ2n) is 6.28. The van der Waals surface area contributed by atoms with Gasteiger partial charge in [0.25, 0.3) is 0 Å². The van der Waals surface area contributed by atoms with Gasteiger partial charge in [-0.3, -0.25) is 0 Å². The molecule has 0 saturated heterocycles. The van der Waals surface area contributed by atoms with Crippen LogP contribution in [0.3, 0.4) is 0 Å². The van der Waals surface area contributed by atoms with Crippen molar-refractivity contribution >= 4 is 0 Å². The predicted molar refractivity (Wildman–Crippen MR) is 86.1 cm³/mol. The van der Waals surface area contributed by atoms with Crippen molar-refractivity contribution in [3.63, 3.8) is 0 Å². The van der Waals surface area contributed by atoms with E-state index in [1.807, 2.05) is 0 Å². The van der Waals surface area contributed by atoms with Crippen molar-refractivity contribution in [2.24, 2.45) is 0 Å². The van der Waals surface area contributed by atoms with Gasteiger partial charge in [0, 0.05) is 12.0 Å². The summed E-state index contributed by atoms with van der Waals surface area (Å²) in [6.45, 7) is 3.31. The third kappa shape index (κ3) is 2.83. The molecule has 2 atom stereocenters. The summed E-state index contributed by atoms with van der Waals surface area (Å²) >= 11 is 0. The lowest BCUT2D eigenvalue weighted by Gasteiger charge is -2.39. The summed E-state index contributed by atoms with van der Waals surface area (Å²) in [4.78, 5) is 0. The summed E-state index contributed by atoms with van der Waals surface area (Å²) in [7, 11) is 0. The molecule has 1 nitrogen and oxygen atoms in total. The van der Waals surface area contributed by atoms with Crippen LogP contribution in [-0.4, -0.2) is 12.6 Å². The van der Waals surface area contributed by atoms with E-state index < -0.39 is 0 Å². The minimum Gasteiger partial charge on any atom is -0.310 e. The second-order valence-corrected chi connectivity index (χ2v) is 6.28. The van der Waals surface area contributed by atoms with Crippen LogP contribution in [0, 0.1) is 0 Å². The van der Waals surface area contributed by atoms with Crippen LogP contribution in [0.5, 0.6) is 0 Å². The van der Waals surface area contributed by atoms with Crippen LogP contribution in [-0.2, 0) is 6.42 Å². The zero-order valence-electron chi connectivity index (χ0n) is 12.7. The fourth-order valence-corrected chi connectivity index (χ4v) is 3.85. The topological polar surface area (TPSA) is 12.0 Å². The van der Waals surface area contributed by atoms with Crippen LogP contribution in [0.1, 0.15) is 62.5 Å². The standard InChI is InChI=1S/C19H27N/c1-2-20-19(15-10-6-4-3-5-7-11-15)18-14-16-12-8-9-13-17(16)18/h8-10,12-13,18-20H,2-7,11,14H2,1H3/b15-10+. The predicted octanol–water partition coefficient (Wildman–Crippen LogP) is 4.59. The molecular weight excluding hydrogens is 242 g/mol. The number of hydrogen-bond donors (Lipinski definition) is 1. The van der Waals surface area contributed by atoms with E-state index in [1.54, 1.807) is 16.7 Å². The lowest BCUT2D eigenvalue weighted by Crippen LogP contribution is -2.41. The van der Waals surface area contributed by atoms with Crippen molar-refractivity contribution in [1.82, 2.24) is 5.32 Å². The molecule has 3 rings (SSSR count). The lowest BCUT2D eigenvalue weighted by molar-refractivity contribution is 0.433. The first-order valence-corrected chi connectivity index (χ1v) is 8.40. The first-order chi connectivity index (χ1) is 9.90. The van der Waals surface area contributed by atoms with E-state index in [0.29, 0.717) is 12.0 Å². The molecule has 0 amide bonds. The normalized spacial score (nSPS) is 26.4. The molecule has 0 fully saturated rings. The monoisotopic (exact) mass is 269 g/mol. The van der Waals surface area contributed by atoms with Crippen LogP contribution >= 0.6 is 0 Å². The van der Waals surface area contributed by atoms with Crippen LogP contribution in [0.4, 0.5) is 0 Å². The molecule has 2 aliphatic carbocycles. The Kier molecular flexibility index (Phi) is 4.57. The van der Waals surface area contributed by atoms with Gasteiger partial charge in [-0.05, 0) is 49.8 Å². The highest BCUT2D eigenvalue weighted by Gasteiger charge is 2.33. The summed E-state index contributed by atoms with van der Waals surface area (Å²) in [6, 6.07) is 9.57. The van der Waals surface area contributed by atoms with E-state index >= 15 is 0 Å². The number of allylic oxidation sites excluding steroid dienone is 1. The van der Waals surface area contributed by atoms with Crippen LogP contribution in [0.2, 0.25) is 0 Å². The van der Waals surface area contributed by atoms with Gasteiger partial charge in [-0.2, -0.15) is 0 Å². The van der Waals surface area contributed by atoms with Crippen LogP contribution < -0.4 is 5.32 Å². The number of fused-ring (bicyclic) bond motifs is 1. The summed E-state index contributed by atoms with van der Waals surface area (Å²) < 4.78 is 0. The van der Waals surface area contributed by atoms with Crippen molar-refractivity contribution in [3.05, 3.63) is 47.0 Å². The van der Waals surface area contributed by atoms with Gasteiger partial charge < -0.3 is 5.32 Å². The summed E-state index contributed by atoms with van der Waals surface area (Å²) in [5.74, 6) is 0.705. The summed E-state index contributed by atoms with van der Waals surface area (Å²) in [6.07, 6.45) is 12.0. The highest BCUT2D eigenvalue weighted by atomic mass is 14.9. The number of likely N-dealkylation sites (N-methyl/N-ethyl adjacent to an activating group) is 1.